The Bertz CT molecular complexity index is 732. The number of ether oxygens (including phenoxy) is 1. The van der Waals surface area contributed by atoms with Crippen LogP contribution in [0, 0.1) is 19.6 Å². The van der Waals surface area contributed by atoms with E-state index in [1.54, 1.807) is 25.7 Å². The Balaban J connectivity index is 1.96. The van der Waals surface area contributed by atoms with E-state index in [1.807, 2.05) is 22.6 Å². The average Bonchev–Trinajstić information content (AvgIpc) is 2.58. The van der Waals surface area contributed by atoms with Gasteiger partial charge in [-0.25, -0.2) is 4.79 Å². The fourth-order valence-electron chi connectivity index (χ4n) is 2.92. The maximum absolute atomic E-state index is 12.8. The molecule has 148 valence electrons. The maximum Gasteiger partial charge on any atom is 0.407 e. The minimum absolute atomic E-state index is 0.0333. The number of hydrogen-bond donors (Lipinski definition) is 1. The van der Waals surface area contributed by atoms with Crippen molar-refractivity contribution in [3.8, 4) is 0 Å². The van der Waals surface area contributed by atoms with E-state index in [0.717, 1.165) is 12.8 Å². The molecule has 1 atom stereocenters. The molecule has 1 fully saturated rings. The quantitative estimate of drug-likeness (QED) is 0.396. The maximum atomic E-state index is 12.8. The first-order chi connectivity index (χ1) is 12.6. The Hall–Kier alpha value is -1.91. The Labute approximate surface area is 171 Å². The van der Waals surface area contributed by atoms with Gasteiger partial charge in [-0.1, -0.05) is 0 Å². The lowest BCUT2D eigenvalue weighted by Gasteiger charge is -2.33. The molecule has 9 heteroatoms. The molecule has 1 aliphatic heterocycles. The zero-order chi connectivity index (χ0) is 20.2. The van der Waals surface area contributed by atoms with Crippen molar-refractivity contribution in [2.75, 3.05) is 19.6 Å². The smallest absolute Gasteiger partial charge is 0.407 e. The summed E-state index contributed by atoms with van der Waals surface area (Å²) in [5, 5.41) is 13.6. The van der Waals surface area contributed by atoms with Gasteiger partial charge in [0.05, 0.1) is 10.5 Å². The molecule has 0 saturated carbocycles. The number of benzene rings is 1. The number of nitrogens with one attached hydrogen (secondary N) is 1. The minimum Gasteiger partial charge on any atom is -0.444 e. The van der Waals surface area contributed by atoms with Crippen LogP contribution >= 0.6 is 22.6 Å². The molecule has 1 N–H and O–H groups in total. The zero-order valence-electron chi connectivity index (χ0n) is 15.7. The van der Waals surface area contributed by atoms with E-state index in [-0.39, 0.29) is 17.5 Å². The second-order valence-corrected chi connectivity index (χ2v) is 8.73. The zero-order valence-corrected chi connectivity index (χ0v) is 17.8. The number of non-ortho nitro benzene ring substituents is 1. The number of carbonyl (C=O) groups is 2. The van der Waals surface area contributed by atoms with Gasteiger partial charge in [-0.05, 0) is 68.2 Å². The van der Waals surface area contributed by atoms with E-state index in [2.05, 4.69) is 5.32 Å². The standard InChI is InChI=1S/C18H24IN3O5/c1-18(2,3)27-17(24)20-10-12-5-4-8-21(11-12)16(23)14-7-6-13(22(25)26)9-15(14)19/h6-7,9,12H,4-5,8,10-11H2,1-3H3,(H,20,24). The number of nitrogens with zero attached hydrogens (tertiary/aromatic N) is 2. The number of piperidine rings is 1. The van der Waals surface area contributed by atoms with Crippen molar-refractivity contribution in [3.63, 3.8) is 0 Å². The highest BCUT2D eigenvalue weighted by atomic mass is 127. The van der Waals surface area contributed by atoms with Crippen molar-refractivity contribution in [2.45, 2.75) is 39.2 Å². The average molecular weight is 489 g/mol. The number of nitro benzene ring substituents is 1. The van der Waals surface area contributed by atoms with Crippen LogP contribution in [-0.2, 0) is 4.74 Å². The fourth-order valence-corrected chi connectivity index (χ4v) is 3.65. The van der Waals surface area contributed by atoms with Crippen LogP contribution < -0.4 is 5.32 Å². The summed E-state index contributed by atoms with van der Waals surface area (Å²) in [7, 11) is 0. The largest absolute Gasteiger partial charge is 0.444 e. The van der Waals surface area contributed by atoms with Crippen molar-refractivity contribution >= 4 is 40.3 Å². The summed E-state index contributed by atoms with van der Waals surface area (Å²) in [4.78, 5) is 36.7. The molecular formula is C18H24IN3O5. The van der Waals surface area contributed by atoms with Gasteiger partial charge in [0.2, 0.25) is 0 Å². The molecule has 1 heterocycles. The van der Waals surface area contributed by atoms with Crippen molar-refractivity contribution in [3.05, 3.63) is 37.4 Å². The summed E-state index contributed by atoms with van der Waals surface area (Å²) < 4.78 is 5.79. The topological polar surface area (TPSA) is 102 Å². The summed E-state index contributed by atoms with van der Waals surface area (Å²) in [6.45, 7) is 7.02. The highest BCUT2D eigenvalue weighted by Crippen LogP contribution is 2.24. The third-order valence-corrected chi connectivity index (χ3v) is 5.03. The number of carbonyl (C=O) groups excluding carboxylic acids is 2. The van der Waals surface area contributed by atoms with Crippen LogP contribution in [0.5, 0.6) is 0 Å². The Morgan fingerprint density at radius 2 is 2.11 bits per heavy atom. The minimum atomic E-state index is -0.550. The van der Waals surface area contributed by atoms with Crippen molar-refractivity contribution in [1.29, 1.82) is 0 Å². The van der Waals surface area contributed by atoms with E-state index >= 15 is 0 Å². The van der Waals surface area contributed by atoms with Crippen LogP contribution in [0.2, 0.25) is 0 Å². The molecule has 0 bridgehead atoms. The van der Waals surface area contributed by atoms with Crippen LogP contribution in [0.3, 0.4) is 0 Å². The summed E-state index contributed by atoms with van der Waals surface area (Å²) >= 11 is 1.95. The van der Waals surface area contributed by atoms with Gasteiger partial charge in [-0.2, -0.15) is 0 Å². The molecule has 0 aliphatic carbocycles. The molecular weight excluding hydrogens is 465 g/mol. The highest BCUT2D eigenvalue weighted by Gasteiger charge is 2.27. The van der Waals surface area contributed by atoms with E-state index in [4.69, 9.17) is 4.74 Å². The van der Waals surface area contributed by atoms with E-state index < -0.39 is 16.6 Å². The predicted molar refractivity (Wildman–Crippen MR) is 109 cm³/mol. The molecule has 1 aromatic rings. The van der Waals surface area contributed by atoms with Crippen LogP contribution in [0.25, 0.3) is 0 Å². The number of alkyl carbamates (subject to hydrolysis) is 1. The number of hydrogen-bond acceptors (Lipinski definition) is 5. The number of nitro groups is 1. The van der Waals surface area contributed by atoms with Gasteiger partial charge in [0, 0.05) is 35.3 Å². The van der Waals surface area contributed by atoms with Gasteiger partial charge in [0.25, 0.3) is 11.6 Å². The SMILES string of the molecule is CC(C)(C)OC(=O)NCC1CCCN(C(=O)c2ccc([N+](=O)[O-])cc2I)C1. The molecule has 0 spiro atoms. The first-order valence-corrected chi connectivity index (χ1v) is 9.85. The van der Waals surface area contributed by atoms with Crippen LogP contribution in [0.4, 0.5) is 10.5 Å². The van der Waals surface area contributed by atoms with Crippen LogP contribution in [-0.4, -0.2) is 47.1 Å². The van der Waals surface area contributed by atoms with E-state index in [1.165, 1.54) is 18.2 Å². The lowest BCUT2D eigenvalue weighted by molar-refractivity contribution is -0.384. The Morgan fingerprint density at radius 3 is 2.70 bits per heavy atom. The summed E-state index contributed by atoms with van der Waals surface area (Å²) in [5.74, 6) is 0.00203. The Kier molecular flexibility index (Phi) is 7.01. The number of halogens is 1. The molecule has 0 radical (unpaired) electrons. The fraction of sp³-hybridized carbons (Fsp3) is 0.556. The van der Waals surface area contributed by atoms with E-state index in [0.29, 0.717) is 28.8 Å². The van der Waals surface area contributed by atoms with Crippen molar-refractivity contribution < 1.29 is 19.2 Å². The second-order valence-electron chi connectivity index (χ2n) is 7.56. The number of likely N-dealkylation sites (tertiary alicyclic amines) is 1. The second kappa shape index (κ2) is 8.85. The van der Waals surface area contributed by atoms with Gasteiger partial charge in [-0.3, -0.25) is 14.9 Å². The van der Waals surface area contributed by atoms with Gasteiger partial charge < -0.3 is 15.0 Å². The van der Waals surface area contributed by atoms with Gasteiger partial charge in [-0.15, -0.1) is 0 Å². The third-order valence-electron chi connectivity index (χ3n) is 4.13. The van der Waals surface area contributed by atoms with Crippen molar-refractivity contribution in [2.24, 2.45) is 5.92 Å². The lowest BCUT2D eigenvalue weighted by Crippen LogP contribution is -2.44. The molecule has 1 saturated heterocycles. The normalized spacial score (nSPS) is 17.3. The molecule has 1 aliphatic rings. The molecule has 8 nitrogen and oxygen atoms in total. The van der Waals surface area contributed by atoms with Gasteiger partial charge in [0.15, 0.2) is 0 Å². The summed E-state index contributed by atoms with van der Waals surface area (Å²) in [6.07, 6.45) is 1.29. The van der Waals surface area contributed by atoms with Gasteiger partial charge >= 0.3 is 6.09 Å². The van der Waals surface area contributed by atoms with Crippen LogP contribution in [0.15, 0.2) is 18.2 Å². The first kappa shape index (κ1) is 21.4. The first-order valence-electron chi connectivity index (χ1n) is 8.77. The van der Waals surface area contributed by atoms with E-state index in [9.17, 15) is 19.7 Å². The highest BCUT2D eigenvalue weighted by molar-refractivity contribution is 14.1. The number of amides is 2. The predicted octanol–water partition coefficient (Wildman–Crippen LogP) is 3.58. The molecule has 1 unspecified atom stereocenters. The molecule has 1 aromatic carbocycles. The monoisotopic (exact) mass is 489 g/mol. The molecule has 27 heavy (non-hydrogen) atoms. The lowest BCUT2D eigenvalue weighted by atomic mass is 9.97. The third kappa shape index (κ3) is 6.33. The summed E-state index contributed by atoms with van der Waals surface area (Å²) in [5.41, 5.74) is -0.124. The van der Waals surface area contributed by atoms with Crippen LogP contribution in [0.1, 0.15) is 44.0 Å². The molecule has 2 amide bonds. The van der Waals surface area contributed by atoms with Gasteiger partial charge in [0.1, 0.15) is 5.60 Å². The molecule has 0 aromatic heterocycles. The summed E-state index contributed by atoms with van der Waals surface area (Å²) in [6, 6.07) is 4.25. The molecule has 2 rings (SSSR count). The van der Waals surface area contributed by atoms with Crippen molar-refractivity contribution in [1.82, 2.24) is 10.2 Å². The Morgan fingerprint density at radius 1 is 1.41 bits per heavy atom. The number of rotatable bonds is 4.